The fourth-order valence-electron chi connectivity index (χ4n) is 0.787. The van der Waals surface area contributed by atoms with E-state index in [2.05, 4.69) is 6.92 Å². The van der Waals surface area contributed by atoms with Gasteiger partial charge in [0, 0.05) is 5.88 Å². The molecule has 0 aliphatic heterocycles. The van der Waals surface area contributed by atoms with Crippen LogP contribution >= 0.6 is 23.2 Å². The molecule has 0 rings (SSSR count). The van der Waals surface area contributed by atoms with E-state index < -0.39 is 11.0 Å². The Morgan fingerprint density at radius 2 is 2.09 bits per heavy atom. The molecule has 2 atom stereocenters. The maximum absolute atomic E-state index is 9.49. The lowest BCUT2D eigenvalue weighted by atomic mass is 10.0. The first-order valence-corrected chi connectivity index (χ1v) is 4.88. The number of halogens is 2. The first kappa shape index (κ1) is 11.5. The molecule has 0 heterocycles. The first-order chi connectivity index (χ1) is 5.04. The second kappa shape index (κ2) is 5.23. The molecule has 68 valence electrons. The van der Waals surface area contributed by atoms with Crippen LogP contribution in [0.15, 0.2) is 0 Å². The minimum Gasteiger partial charge on any atom is -0.391 e. The SMILES string of the molecule is CCCCC(O)C(C)(Cl)CCl. The number of unbranched alkanes of at least 4 members (excludes halogenated alkanes) is 1. The van der Waals surface area contributed by atoms with Crippen molar-refractivity contribution >= 4 is 23.2 Å². The quantitative estimate of drug-likeness (QED) is 0.675. The lowest BCUT2D eigenvalue weighted by molar-refractivity contribution is 0.128. The molecule has 0 radical (unpaired) electrons. The topological polar surface area (TPSA) is 20.2 Å². The second-order valence-electron chi connectivity index (χ2n) is 3.07. The molecule has 0 amide bonds. The van der Waals surface area contributed by atoms with Gasteiger partial charge in [0.25, 0.3) is 0 Å². The summed E-state index contributed by atoms with van der Waals surface area (Å²) >= 11 is 11.5. The zero-order valence-corrected chi connectivity index (χ0v) is 8.62. The third-order valence-electron chi connectivity index (χ3n) is 1.79. The molecule has 0 aliphatic carbocycles. The summed E-state index contributed by atoms with van der Waals surface area (Å²) in [5.41, 5.74) is 0. The highest BCUT2D eigenvalue weighted by molar-refractivity contribution is 6.30. The van der Waals surface area contributed by atoms with Crippen molar-refractivity contribution in [1.82, 2.24) is 0 Å². The Morgan fingerprint density at radius 1 is 1.55 bits per heavy atom. The van der Waals surface area contributed by atoms with Gasteiger partial charge < -0.3 is 5.11 Å². The number of alkyl halides is 2. The lowest BCUT2D eigenvalue weighted by Crippen LogP contribution is -2.35. The third-order valence-corrected chi connectivity index (χ3v) is 2.86. The average molecular weight is 199 g/mol. The van der Waals surface area contributed by atoms with Crippen LogP contribution in [-0.2, 0) is 0 Å². The molecule has 1 N–H and O–H groups in total. The van der Waals surface area contributed by atoms with Crippen molar-refractivity contribution in [2.24, 2.45) is 0 Å². The fourth-order valence-corrected chi connectivity index (χ4v) is 1.07. The zero-order chi connectivity index (χ0) is 8.91. The minimum atomic E-state index is -0.656. The van der Waals surface area contributed by atoms with Gasteiger partial charge in [0.2, 0.25) is 0 Å². The van der Waals surface area contributed by atoms with Crippen LogP contribution in [0.2, 0.25) is 0 Å². The molecule has 0 bridgehead atoms. The molecule has 0 aromatic carbocycles. The van der Waals surface area contributed by atoms with E-state index in [1.807, 2.05) is 0 Å². The van der Waals surface area contributed by atoms with E-state index in [0.717, 1.165) is 19.3 Å². The summed E-state index contributed by atoms with van der Waals surface area (Å²) in [7, 11) is 0. The molecular formula is C8H16Cl2O. The van der Waals surface area contributed by atoms with Gasteiger partial charge in [-0.3, -0.25) is 0 Å². The summed E-state index contributed by atoms with van der Waals surface area (Å²) in [5, 5.41) is 9.49. The Morgan fingerprint density at radius 3 is 2.45 bits per heavy atom. The molecule has 2 unspecified atom stereocenters. The largest absolute Gasteiger partial charge is 0.391 e. The fraction of sp³-hybridized carbons (Fsp3) is 1.00. The second-order valence-corrected chi connectivity index (χ2v) is 4.20. The van der Waals surface area contributed by atoms with Crippen molar-refractivity contribution < 1.29 is 5.11 Å². The molecule has 0 saturated carbocycles. The summed E-state index contributed by atoms with van der Waals surface area (Å²) < 4.78 is 0. The van der Waals surface area contributed by atoms with Gasteiger partial charge in [-0.25, -0.2) is 0 Å². The third kappa shape index (κ3) is 4.19. The lowest BCUT2D eigenvalue weighted by Gasteiger charge is -2.25. The first-order valence-electron chi connectivity index (χ1n) is 3.97. The summed E-state index contributed by atoms with van der Waals surface area (Å²) in [6.07, 6.45) is 2.33. The van der Waals surface area contributed by atoms with Gasteiger partial charge >= 0.3 is 0 Å². The van der Waals surface area contributed by atoms with E-state index in [-0.39, 0.29) is 0 Å². The summed E-state index contributed by atoms with van der Waals surface area (Å²) in [6, 6.07) is 0. The Labute approximate surface area is 78.7 Å². The molecule has 0 spiro atoms. The van der Waals surface area contributed by atoms with Crippen molar-refractivity contribution in [1.29, 1.82) is 0 Å². The number of rotatable bonds is 5. The van der Waals surface area contributed by atoms with Crippen LogP contribution in [-0.4, -0.2) is 22.0 Å². The highest BCUT2D eigenvalue weighted by atomic mass is 35.5. The van der Waals surface area contributed by atoms with E-state index in [1.165, 1.54) is 0 Å². The van der Waals surface area contributed by atoms with Crippen molar-refractivity contribution in [3.63, 3.8) is 0 Å². The van der Waals surface area contributed by atoms with E-state index in [0.29, 0.717) is 5.88 Å². The Balaban J connectivity index is 3.71. The van der Waals surface area contributed by atoms with E-state index >= 15 is 0 Å². The van der Waals surface area contributed by atoms with Crippen molar-refractivity contribution in [2.45, 2.75) is 44.1 Å². The maximum Gasteiger partial charge on any atom is 0.0811 e. The minimum absolute atomic E-state index is 0.291. The predicted molar refractivity (Wildman–Crippen MR) is 50.5 cm³/mol. The smallest absolute Gasteiger partial charge is 0.0811 e. The molecule has 0 aromatic rings. The molecule has 0 aliphatic rings. The van der Waals surface area contributed by atoms with Crippen LogP contribution < -0.4 is 0 Å². The Bertz CT molecular complexity index is 104. The number of hydrogen-bond donors (Lipinski definition) is 1. The molecule has 1 nitrogen and oxygen atoms in total. The molecular weight excluding hydrogens is 183 g/mol. The van der Waals surface area contributed by atoms with Crippen LogP contribution in [0.3, 0.4) is 0 Å². The molecule has 0 fully saturated rings. The van der Waals surface area contributed by atoms with Gasteiger partial charge in [0.15, 0.2) is 0 Å². The van der Waals surface area contributed by atoms with Gasteiger partial charge in [-0.05, 0) is 13.3 Å². The van der Waals surface area contributed by atoms with Gasteiger partial charge in [-0.15, -0.1) is 23.2 Å². The van der Waals surface area contributed by atoms with Gasteiger partial charge in [-0.2, -0.15) is 0 Å². The maximum atomic E-state index is 9.49. The van der Waals surface area contributed by atoms with Crippen LogP contribution in [0.1, 0.15) is 33.1 Å². The highest BCUT2D eigenvalue weighted by Gasteiger charge is 2.28. The number of aliphatic hydroxyl groups excluding tert-OH is 1. The van der Waals surface area contributed by atoms with E-state index in [4.69, 9.17) is 23.2 Å². The van der Waals surface area contributed by atoms with Crippen molar-refractivity contribution in [3.05, 3.63) is 0 Å². The number of aliphatic hydroxyl groups is 1. The molecule has 11 heavy (non-hydrogen) atoms. The van der Waals surface area contributed by atoms with Gasteiger partial charge in [-0.1, -0.05) is 19.8 Å². The summed E-state index contributed by atoms with van der Waals surface area (Å²) in [4.78, 5) is -0.656. The normalized spacial score (nSPS) is 19.4. The Hall–Kier alpha value is 0.540. The summed E-state index contributed by atoms with van der Waals surface area (Å²) in [6.45, 7) is 3.85. The van der Waals surface area contributed by atoms with Gasteiger partial charge in [0.05, 0.1) is 11.0 Å². The zero-order valence-electron chi connectivity index (χ0n) is 7.11. The van der Waals surface area contributed by atoms with Gasteiger partial charge in [0.1, 0.15) is 0 Å². The van der Waals surface area contributed by atoms with Crippen molar-refractivity contribution in [3.8, 4) is 0 Å². The van der Waals surface area contributed by atoms with Crippen LogP contribution in [0.5, 0.6) is 0 Å². The standard InChI is InChI=1S/C8H16Cl2O/c1-3-4-5-7(11)8(2,10)6-9/h7,11H,3-6H2,1-2H3. The average Bonchev–Trinajstić information content (AvgIpc) is 2.00. The Kier molecular flexibility index (Phi) is 5.49. The van der Waals surface area contributed by atoms with Crippen LogP contribution in [0, 0.1) is 0 Å². The highest BCUT2D eigenvalue weighted by Crippen LogP contribution is 2.24. The molecule has 0 aromatic heterocycles. The van der Waals surface area contributed by atoms with Crippen molar-refractivity contribution in [2.75, 3.05) is 5.88 Å². The monoisotopic (exact) mass is 198 g/mol. The molecule has 3 heteroatoms. The summed E-state index contributed by atoms with van der Waals surface area (Å²) in [5.74, 6) is 0.291. The van der Waals surface area contributed by atoms with Crippen LogP contribution in [0.4, 0.5) is 0 Å². The molecule has 0 saturated heterocycles. The number of hydrogen-bond acceptors (Lipinski definition) is 1. The van der Waals surface area contributed by atoms with E-state index in [9.17, 15) is 5.11 Å². The predicted octanol–water partition coefficient (Wildman–Crippen LogP) is 2.77. The van der Waals surface area contributed by atoms with Crippen LogP contribution in [0.25, 0.3) is 0 Å². The van der Waals surface area contributed by atoms with E-state index in [1.54, 1.807) is 6.92 Å².